The number of carbonyl (C=O) groups is 1. The fraction of sp³-hybridized carbons (Fsp3) is 0.900. The average Bonchev–Trinajstić information content (AvgIpc) is 2.18. The van der Waals surface area contributed by atoms with Gasteiger partial charge in [-0.1, -0.05) is 20.8 Å². The zero-order valence-electron chi connectivity index (χ0n) is 8.63. The van der Waals surface area contributed by atoms with Crippen molar-refractivity contribution in [2.75, 3.05) is 11.5 Å². The highest BCUT2D eigenvalue weighted by Gasteiger charge is 2.36. The van der Waals surface area contributed by atoms with Gasteiger partial charge in [0.1, 0.15) is 5.78 Å². The van der Waals surface area contributed by atoms with Crippen molar-refractivity contribution in [3.8, 4) is 0 Å². The maximum absolute atomic E-state index is 11.7. The quantitative estimate of drug-likeness (QED) is 0.724. The first-order chi connectivity index (χ1) is 6.09. The van der Waals surface area contributed by atoms with E-state index in [1.165, 1.54) is 17.9 Å². The highest BCUT2D eigenvalue weighted by Crippen LogP contribution is 2.43. The predicted octanol–water partition coefficient (Wildman–Crippen LogP) is 3.19. The van der Waals surface area contributed by atoms with E-state index in [1.54, 1.807) is 0 Å². The molecule has 1 nitrogen and oxygen atoms in total. The van der Waals surface area contributed by atoms with Gasteiger partial charge >= 0.3 is 0 Å². The standard InChI is InChI=1S/C10H18OS2/c1-4-8(11)10(2,3)9-12-6-5-7-13-9/h9H,4-7H2,1-3H3. The molecule has 0 aromatic carbocycles. The van der Waals surface area contributed by atoms with E-state index in [0.29, 0.717) is 16.8 Å². The van der Waals surface area contributed by atoms with Gasteiger partial charge < -0.3 is 0 Å². The van der Waals surface area contributed by atoms with Gasteiger partial charge in [-0.3, -0.25) is 4.79 Å². The summed E-state index contributed by atoms with van der Waals surface area (Å²) in [5.41, 5.74) is -0.134. The lowest BCUT2D eigenvalue weighted by Gasteiger charge is -2.34. The van der Waals surface area contributed by atoms with Crippen LogP contribution in [0.3, 0.4) is 0 Å². The van der Waals surface area contributed by atoms with Gasteiger partial charge in [0, 0.05) is 11.8 Å². The molecule has 13 heavy (non-hydrogen) atoms. The Kier molecular flexibility index (Phi) is 4.17. The van der Waals surface area contributed by atoms with Crippen LogP contribution in [0.1, 0.15) is 33.6 Å². The molecule has 1 rings (SSSR count). The van der Waals surface area contributed by atoms with Crippen molar-refractivity contribution in [1.29, 1.82) is 0 Å². The van der Waals surface area contributed by atoms with Crippen LogP contribution >= 0.6 is 23.5 Å². The molecule has 0 aromatic rings. The SMILES string of the molecule is CCC(=O)C(C)(C)C1SCCCS1. The second-order valence-corrected chi connectivity index (χ2v) is 6.65. The Hall–Kier alpha value is 0.370. The van der Waals surface area contributed by atoms with Crippen molar-refractivity contribution in [1.82, 2.24) is 0 Å². The van der Waals surface area contributed by atoms with Crippen LogP contribution in [0.25, 0.3) is 0 Å². The van der Waals surface area contributed by atoms with Crippen molar-refractivity contribution >= 4 is 29.3 Å². The second-order valence-electron chi connectivity index (χ2n) is 3.93. The average molecular weight is 218 g/mol. The first kappa shape index (κ1) is 11.4. The van der Waals surface area contributed by atoms with E-state index in [4.69, 9.17) is 0 Å². The normalized spacial score (nSPS) is 20.2. The minimum Gasteiger partial charge on any atom is -0.299 e. The van der Waals surface area contributed by atoms with Crippen LogP contribution in [0.2, 0.25) is 0 Å². The second kappa shape index (κ2) is 4.74. The number of rotatable bonds is 3. The summed E-state index contributed by atoms with van der Waals surface area (Å²) in [4.78, 5) is 11.7. The third kappa shape index (κ3) is 2.66. The molecule has 1 aliphatic rings. The zero-order valence-corrected chi connectivity index (χ0v) is 10.3. The van der Waals surface area contributed by atoms with Crippen molar-refractivity contribution in [2.24, 2.45) is 5.41 Å². The minimum absolute atomic E-state index is 0.134. The van der Waals surface area contributed by atoms with Gasteiger partial charge in [-0.15, -0.1) is 23.5 Å². The van der Waals surface area contributed by atoms with Crippen molar-refractivity contribution in [3.05, 3.63) is 0 Å². The molecule has 0 atom stereocenters. The Morgan fingerprint density at radius 3 is 2.38 bits per heavy atom. The lowest BCUT2D eigenvalue weighted by Crippen LogP contribution is -2.34. The molecule has 0 amide bonds. The molecule has 76 valence electrons. The Morgan fingerprint density at radius 2 is 1.92 bits per heavy atom. The number of thioether (sulfide) groups is 2. The molecule has 0 aliphatic carbocycles. The largest absolute Gasteiger partial charge is 0.299 e. The summed E-state index contributed by atoms with van der Waals surface area (Å²) < 4.78 is 0.480. The number of carbonyl (C=O) groups excluding carboxylic acids is 1. The fourth-order valence-corrected chi connectivity index (χ4v) is 4.78. The Balaban J connectivity index is 2.60. The lowest BCUT2D eigenvalue weighted by molar-refractivity contribution is -0.126. The van der Waals surface area contributed by atoms with Crippen LogP contribution in [-0.4, -0.2) is 21.9 Å². The van der Waals surface area contributed by atoms with E-state index in [1.807, 2.05) is 30.4 Å². The van der Waals surface area contributed by atoms with Gasteiger partial charge in [-0.05, 0) is 17.9 Å². The molecule has 0 radical (unpaired) electrons. The maximum atomic E-state index is 11.7. The molecule has 1 aliphatic heterocycles. The molecule has 1 saturated heterocycles. The number of hydrogen-bond acceptors (Lipinski definition) is 3. The first-order valence-electron chi connectivity index (χ1n) is 4.85. The van der Waals surface area contributed by atoms with Gasteiger partial charge in [-0.25, -0.2) is 0 Å². The van der Waals surface area contributed by atoms with Crippen molar-refractivity contribution < 1.29 is 4.79 Å². The summed E-state index contributed by atoms with van der Waals surface area (Å²) in [6, 6.07) is 0. The Morgan fingerprint density at radius 1 is 1.38 bits per heavy atom. The number of Topliss-reactive ketones (excluding diaryl/α,β-unsaturated/α-hetero) is 1. The van der Waals surface area contributed by atoms with Gasteiger partial charge in [-0.2, -0.15) is 0 Å². The van der Waals surface area contributed by atoms with Crippen molar-refractivity contribution in [2.45, 2.75) is 38.2 Å². The highest BCUT2D eigenvalue weighted by molar-refractivity contribution is 8.17. The molecule has 0 N–H and O–H groups in total. The van der Waals surface area contributed by atoms with Crippen LogP contribution in [0, 0.1) is 5.41 Å². The molecule has 0 spiro atoms. The number of ketones is 1. The summed E-state index contributed by atoms with van der Waals surface area (Å²) >= 11 is 3.91. The minimum atomic E-state index is -0.134. The molecule has 0 saturated carbocycles. The third-order valence-electron chi connectivity index (χ3n) is 2.46. The van der Waals surface area contributed by atoms with Crippen LogP contribution in [0.15, 0.2) is 0 Å². The molecule has 0 bridgehead atoms. The first-order valence-corrected chi connectivity index (χ1v) is 6.95. The van der Waals surface area contributed by atoms with Gasteiger partial charge in [0.05, 0.1) is 4.58 Å². The summed E-state index contributed by atoms with van der Waals surface area (Å²) in [6.45, 7) is 6.14. The lowest BCUT2D eigenvalue weighted by atomic mass is 9.89. The fourth-order valence-electron chi connectivity index (χ4n) is 1.49. The molecular weight excluding hydrogens is 200 g/mol. The highest BCUT2D eigenvalue weighted by atomic mass is 32.2. The summed E-state index contributed by atoms with van der Waals surface area (Å²) in [7, 11) is 0. The maximum Gasteiger partial charge on any atom is 0.140 e. The topological polar surface area (TPSA) is 17.1 Å². The Bertz CT molecular complexity index is 183. The van der Waals surface area contributed by atoms with E-state index < -0.39 is 0 Å². The molecule has 3 heteroatoms. The Labute approximate surface area is 89.4 Å². The van der Waals surface area contributed by atoms with E-state index in [2.05, 4.69) is 13.8 Å². The summed E-state index contributed by atoms with van der Waals surface area (Å²) in [6.07, 6.45) is 1.97. The van der Waals surface area contributed by atoms with Crippen LogP contribution < -0.4 is 0 Å². The predicted molar refractivity (Wildman–Crippen MR) is 62.4 cm³/mol. The summed E-state index contributed by atoms with van der Waals surface area (Å²) in [5.74, 6) is 2.84. The summed E-state index contributed by atoms with van der Waals surface area (Å²) in [5, 5.41) is 0. The van der Waals surface area contributed by atoms with Crippen LogP contribution in [0.5, 0.6) is 0 Å². The third-order valence-corrected chi connectivity index (χ3v) is 6.11. The van der Waals surface area contributed by atoms with E-state index in [9.17, 15) is 4.79 Å². The van der Waals surface area contributed by atoms with Gasteiger partial charge in [0.25, 0.3) is 0 Å². The molecule has 0 aromatic heterocycles. The van der Waals surface area contributed by atoms with Gasteiger partial charge in [0.15, 0.2) is 0 Å². The monoisotopic (exact) mass is 218 g/mol. The van der Waals surface area contributed by atoms with E-state index >= 15 is 0 Å². The van der Waals surface area contributed by atoms with E-state index in [-0.39, 0.29) is 5.41 Å². The van der Waals surface area contributed by atoms with Crippen molar-refractivity contribution in [3.63, 3.8) is 0 Å². The molecule has 0 unspecified atom stereocenters. The smallest absolute Gasteiger partial charge is 0.140 e. The zero-order chi connectivity index (χ0) is 9.90. The molecule has 1 heterocycles. The van der Waals surface area contributed by atoms with E-state index in [0.717, 1.165) is 0 Å². The number of hydrogen-bond donors (Lipinski definition) is 0. The van der Waals surface area contributed by atoms with Crippen LogP contribution in [0.4, 0.5) is 0 Å². The molecular formula is C10H18OS2. The molecule has 1 fully saturated rings. The van der Waals surface area contributed by atoms with Gasteiger partial charge in [0.2, 0.25) is 0 Å². The van der Waals surface area contributed by atoms with Crippen LogP contribution in [-0.2, 0) is 4.79 Å².